The number of hydrogen-bond donors (Lipinski definition) is 3. The molecule has 13 nitrogen and oxygen atoms in total. The molecule has 0 unspecified atom stereocenters. The minimum absolute atomic E-state index is 0.177. The molecular weight excluding hydrogens is 503 g/mol. The van der Waals surface area contributed by atoms with Gasteiger partial charge < -0.3 is 25.8 Å². The number of rotatable bonds is 5. The number of ether oxygens (including phenoxy) is 1. The van der Waals surface area contributed by atoms with Crippen LogP contribution < -0.4 is 31.9 Å². The van der Waals surface area contributed by atoms with Gasteiger partial charge in [0, 0.05) is 33.2 Å². The predicted octanol–water partition coefficient (Wildman–Crippen LogP) is -0.577. The summed E-state index contributed by atoms with van der Waals surface area (Å²) in [6, 6.07) is 7.25. The second-order valence-electron chi connectivity index (χ2n) is 7.83. The van der Waals surface area contributed by atoms with Gasteiger partial charge in [0.25, 0.3) is 5.56 Å². The van der Waals surface area contributed by atoms with E-state index in [1.54, 1.807) is 17.7 Å². The highest BCUT2D eigenvalue weighted by Crippen LogP contribution is 2.30. The third-order valence-corrected chi connectivity index (χ3v) is 5.41. The van der Waals surface area contributed by atoms with Gasteiger partial charge in [-0.2, -0.15) is 18.2 Å². The Bertz CT molecular complexity index is 1440. The highest BCUT2D eigenvalue weighted by molar-refractivity contribution is 5.80. The van der Waals surface area contributed by atoms with Gasteiger partial charge in [-0.3, -0.25) is 18.7 Å². The minimum Gasteiger partial charge on any atom is -0.495 e. The summed E-state index contributed by atoms with van der Waals surface area (Å²) in [5.41, 5.74) is 5.00. The number of aromatic nitrogens is 4. The van der Waals surface area contributed by atoms with Crippen LogP contribution in [0.3, 0.4) is 0 Å². The van der Waals surface area contributed by atoms with Crippen LogP contribution in [0.1, 0.15) is 0 Å². The number of carboxylic acid groups (broad SMARTS) is 1. The summed E-state index contributed by atoms with van der Waals surface area (Å²) < 4.78 is 41.0. The Kier molecular flexibility index (Phi) is 7.90. The molecule has 0 bridgehead atoms. The van der Waals surface area contributed by atoms with E-state index in [0.717, 1.165) is 17.7 Å². The number of nitrogens with zero attached hydrogens (tertiary/aromatic N) is 5. The van der Waals surface area contributed by atoms with Crippen molar-refractivity contribution in [1.29, 1.82) is 0 Å². The number of carboxylic acids is 1. The number of fused-ring (bicyclic) bond motifs is 1. The first kappa shape index (κ1) is 27.3. The lowest BCUT2D eigenvalue weighted by Gasteiger charge is -2.29. The average molecular weight is 527 g/mol. The second-order valence-corrected chi connectivity index (χ2v) is 7.83. The lowest BCUT2D eigenvalue weighted by atomic mass is 10.2. The van der Waals surface area contributed by atoms with Crippen molar-refractivity contribution in [3.8, 4) is 11.4 Å². The Morgan fingerprint density at radius 2 is 1.78 bits per heavy atom. The molecule has 1 aromatic carbocycles. The first-order valence-electron chi connectivity index (χ1n) is 10.8. The van der Waals surface area contributed by atoms with Crippen LogP contribution in [0.5, 0.6) is 5.75 Å². The third kappa shape index (κ3) is 5.58. The summed E-state index contributed by atoms with van der Waals surface area (Å²) in [5.74, 6) is -2.46. The number of alkyl halides is 3. The van der Waals surface area contributed by atoms with Gasteiger partial charge in [0.15, 0.2) is 11.2 Å². The number of nitrogens with two attached hydrogens (primary N) is 1. The molecule has 3 heterocycles. The minimum atomic E-state index is -5.08. The lowest BCUT2D eigenvalue weighted by molar-refractivity contribution is -0.192. The zero-order valence-electron chi connectivity index (χ0n) is 19.8. The number of hydrogen-bond acceptors (Lipinski definition) is 8. The average Bonchev–Trinajstić information content (AvgIpc) is 3.26. The van der Waals surface area contributed by atoms with Gasteiger partial charge in [0.05, 0.1) is 12.8 Å². The van der Waals surface area contributed by atoms with E-state index in [4.69, 9.17) is 20.4 Å². The van der Waals surface area contributed by atoms with E-state index >= 15 is 0 Å². The number of halogens is 3. The quantitative estimate of drug-likeness (QED) is 0.393. The number of primary amides is 1. The van der Waals surface area contributed by atoms with E-state index in [9.17, 15) is 27.6 Å². The molecule has 0 spiro atoms. The zero-order valence-corrected chi connectivity index (χ0v) is 19.8. The monoisotopic (exact) mass is 527 g/mol. The van der Waals surface area contributed by atoms with E-state index in [1.807, 2.05) is 23.1 Å². The fraction of sp³-hybridized carbons (Fsp3) is 0.381. The normalized spacial score (nSPS) is 13.7. The number of anilines is 1. The fourth-order valence-corrected chi connectivity index (χ4v) is 3.72. The summed E-state index contributed by atoms with van der Waals surface area (Å²) in [7, 11) is 3.06. The molecule has 1 saturated heterocycles. The van der Waals surface area contributed by atoms with Crippen molar-refractivity contribution in [3.05, 3.63) is 45.1 Å². The smallest absolute Gasteiger partial charge is 0.490 e. The number of benzene rings is 1. The molecule has 1 amide bonds. The number of para-hydroxylation sites is 2. The molecule has 0 atom stereocenters. The lowest BCUT2D eigenvalue weighted by Crippen LogP contribution is -2.44. The Hall–Kier alpha value is -4.34. The van der Waals surface area contributed by atoms with E-state index in [-0.39, 0.29) is 11.2 Å². The number of nitrogens with one attached hydrogen (secondary N) is 1. The van der Waals surface area contributed by atoms with Crippen LogP contribution in [0, 0.1) is 0 Å². The Morgan fingerprint density at radius 1 is 1.19 bits per heavy atom. The Labute approximate surface area is 206 Å². The number of methoxy groups -OCH3 is 1. The van der Waals surface area contributed by atoms with Gasteiger partial charge in [-0.15, -0.1) is 0 Å². The Morgan fingerprint density at radius 3 is 2.32 bits per heavy atom. The zero-order chi connectivity index (χ0) is 27.5. The van der Waals surface area contributed by atoms with Gasteiger partial charge in [0.1, 0.15) is 12.3 Å². The molecule has 0 aliphatic carbocycles. The van der Waals surface area contributed by atoms with Crippen LogP contribution >= 0.6 is 0 Å². The maximum absolute atomic E-state index is 13.3. The van der Waals surface area contributed by atoms with Crippen molar-refractivity contribution in [1.82, 2.24) is 24.0 Å². The molecule has 1 aliphatic rings. The summed E-state index contributed by atoms with van der Waals surface area (Å²) >= 11 is 0. The molecule has 3 aromatic rings. The maximum Gasteiger partial charge on any atom is 0.490 e. The molecule has 1 fully saturated rings. The molecule has 1 aliphatic heterocycles. The standard InChI is InChI=1S/C19H23N7O4.C2HF3O2/c1-23-16-15(17(28)25(19(23)29)11-14(20)27)26(12-5-3-4-6-13(12)30-2)18(22-16)24-9-7-21-8-10-24;3-2(4,5)1(6)7/h3-6,21H,7-11H2,1-2H3,(H2,20,27);(H,6,7). The van der Waals surface area contributed by atoms with Gasteiger partial charge >= 0.3 is 17.8 Å². The summed E-state index contributed by atoms with van der Waals surface area (Å²) in [6.07, 6.45) is -5.08. The number of amides is 1. The SMILES string of the molecule is COc1ccccc1-n1c(N2CCNCC2)nc2c1c(=O)n(CC(N)=O)c(=O)n2C.O=C(O)C(F)(F)F. The number of aliphatic carboxylic acids is 1. The summed E-state index contributed by atoms with van der Waals surface area (Å²) in [4.78, 5) is 53.1. The molecule has 37 heavy (non-hydrogen) atoms. The topological polar surface area (TPSA) is 167 Å². The van der Waals surface area contributed by atoms with E-state index in [1.165, 1.54) is 11.6 Å². The maximum atomic E-state index is 13.3. The first-order valence-corrected chi connectivity index (χ1v) is 10.8. The number of piperazine rings is 1. The molecule has 0 saturated carbocycles. The van der Waals surface area contributed by atoms with Gasteiger partial charge in [-0.1, -0.05) is 12.1 Å². The van der Waals surface area contributed by atoms with Crippen molar-refractivity contribution in [3.63, 3.8) is 0 Å². The largest absolute Gasteiger partial charge is 0.495 e. The van der Waals surface area contributed by atoms with Crippen LogP contribution in [-0.4, -0.2) is 75.1 Å². The van der Waals surface area contributed by atoms with Crippen LogP contribution in [0.25, 0.3) is 16.9 Å². The number of imidazole rings is 1. The highest BCUT2D eigenvalue weighted by atomic mass is 19.4. The molecule has 200 valence electrons. The molecular formula is C21H24F3N7O6. The summed E-state index contributed by atoms with van der Waals surface area (Å²) in [6.45, 7) is 2.38. The van der Waals surface area contributed by atoms with Crippen molar-refractivity contribution in [2.24, 2.45) is 12.8 Å². The number of aryl methyl sites for hydroxylation is 1. The van der Waals surface area contributed by atoms with Crippen LogP contribution in [-0.2, 0) is 23.2 Å². The van der Waals surface area contributed by atoms with Gasteiger partial charge in [0.2, 0.25) is 11.9 Å². The van der Waals surface area contributed by atoms with Crippen LogP contribution in [0.15, 0.2) is 33.9 Å². The number of carbonyl (C=O) groups excluding carboxylic acids is 1. The first-order chi connectivity index (χ1) is 17.4. The predicted molar refractivity (Wildman–Crippen MR) is 125 cm³/mol. The molecule has 4 rings (SSSR count). The van der Waals surface area contributed by atoms with Crippen molar-refractivity contribution in [2.45, 2.75) is 12.7 Å². The molecule has 2 aromatic heterocycles. The van der Waals surface area contributed by atoms with Crippen LogP contribution in [0.2, 0.25) is 0 Å². The molecule has 4 N–H and O–H groups in total. The van der Waals surface area contributed by atoms with Crippen molar-refractivity contribution >= 4 is 29.0 Å². The Balaban J connectivity index is 0.000000479. The molecule has 16 heteroatoms. The third-order valence-electron chi connectivity index (χ3n) is 5.41. The van der Waals surface area contributed by atoms with Crippen molar-refractivity contribution in [2.75, 3.05) is 38.2 Å². The van der Waals surface area contributed by atoms with Crippen molar-refractivity contribution < 1.29 is 32.6 Å². The van der Waals surface area contributed by atoms with E-state index in [0.29, 0.717) is 30.5 Å². The number of carbonyl (C=O) groups is 2. The summed E-state index contributed by atoms with van der Waals surface area (Å²) in [5, 5.41) is 10.4. The van der Waals surface area contributed by atoms with Gasteiger partial charge in [-0.05, 0) is 12.1 Å². The fourth-order valence-electron chi connectivity index (χ4n) is 3.72. The van der Waals surface area contributed by atoms with Crippen LogP contribution in [0.4, 0.5) is 19.1 Å². The second kappa shape index (κ2) is 10.7. The van der Waals surface area contributed by atoms with E-state index < -0.39 is 35.8 Å². The van der Waals surface area contributed by atoms with E-state index in [2.05, 4.69) is 10.3 Å². The highest BCUT2D eigenvalue weighted by Gasteiger charge is 2.38. The van der Waals surface area contributed by atoms with Gasteiger partial charge in [-0.25, -0.2) is 14.2 Å². The molecule has 0 radical (unpaired) electrons.